The number of H-pyrrole nitrogens is 2. The number of nitriles is 2. The molecule has 0 spiro atoms. The standard InChI is InChI=1S/C25H27N5O6S.C19H18N6O4S/c1-25(2,3)36-20(31)9-8-18(24(34)35-4)29-23(33)21-15(11-26)10-19(37-21)22(32)27-12-14-6-5-7-17-16(14)13-28-30-17;1-29-19(28)14(7-21)24-18(27)16-11(6-20)5-15(30-16)17(26)22-8-10-3-2-4-13-12(10)9-23-25-13/h5-7,10,13,18H,8-9,12H2,1-4H3,(H,27,32)(H,28,30)(H,29,33);2-5,9,14H,7-8,21H2,1H3,(H,22,26)(H,23,25)(H,24,27)/t18-;14-/m00/s1. The van der Waals surface area contributed by atoms with E-state index < -0.39 is 59.2 Å². The summed E-state index contributed by atoms with van der Waals surface area (Å²) >= 11 is 1.68. The van der Waals surface area contributed by atoms with Gasteiger partial charge in [0, 0.05) is 36.8 Å². The van der Waals surface area contributed by atoms with Gasteiger partial charge in [-0.25, -0.2) is 9.59 Å². The number of fused-ring (bicyclic) bond motifs is 2. The zero-order chi connectivity index (χ0) is 48.8. The molecule has 6 aromatic rings. The maximum absolute atomic E-state index is 12.9. The molecule has 0 saturated heterocycles. The van der Waals surface area contributed by atoms with Crippen molar-refractivity contribution in [3.8, 4) is 12.1 Å². The van der Waals surface area contributed by atoms with Gasteiger partial charge in [0.25, 0.3) is 23.6 Å². The number of rotatable bonds is 16. The zero-order valence-corrected chi connectivity index (χ0v) is 38.4. The molecule has 0 aliphatic rings. The molecule has 0 bridgehead atoms. The van der Waals surface area contributed by atoms with Crippen molar-refractivity contribution >= 4 is 86.0 Å². The van der Waals surface area contributed by atoms with Crippen LogP contribution in [0, 0.1) is 22.7 Å². The fourth-order valence-corrected chi connectivity index (χ4v) is 8.11. The number of carbonyl (C=O) groups excluding carboxylic acids is 7. The molecule has 4 aromatic heterocycles. The van der Waals surface area contributed by atoms with Gasteiger partial charge in [0.1, 0.15) is 39.6 Å². The molecule has 0 aliphatic carbocycles. The zero-order valence-electron chi connectivity index (χ0n) is 36.7. The van der Waals surface area contributed by atoms with Crippen molar-refractivity contribution in [2.24, 2.45) is 5.73 Å². The normalized spacial score (nSPS) is 11.7. The molecule has 4 heterocycles. The average molecular weight is 952 g/mol. The predicted molar refractivity (Wildman–Crippen MR) is 243 cm³/mol. The SMILES string of the molecule is COC(=O)[C@H](CCC(=O)OC(C)(C)C)NC(=O)c1sc(C(=O)NCc2cccc3[nH]ncc23)cc1C#N.COC(=O)[C@H](CN)NC(=O)c1sc(C(=O)NCc2cccc3[nH]ncc23)cc1C#N. The Balaban J connectivity index is 0.000000256. The number of nitrogens with two attached hydrogens (primary N) is 1. The third-order valence-electron chi connectivity index (χ3n) is 9.47. The molecule has 6 rings (SSSR count). The van der Waals surface area contributed by atoms with Crippen LogP contribution in [0.1, 0.15) is 94.6 Å². The Hall–Kier alpha value is -7.99. The summed E-state index contributed by atoms with van der Waals surface area (Å²) < 4.78 is 14.6. The van der Waals surface area contributed by atoms with Crippen LogP contribution in [0.15, 0.2) is 60.9 Å². The molecule has 0 aliphatic heterocycles. The topological polar surface area (TPSA) is 326 Å². The minimum absolute atomic E-state index is 0.0136. The Morgan fingerprint density at radius 1 is 0.716 bits per heavy atom. The molecular formula is C44H45N11O10S2. The molecule has 21 nitrogen and oxygen atoms in total. The van der Waals surface area contributed by atoms with Crippen molar-refractivity contribution in [1.82, 2.24) is 41.7 Å². The number of carbonyl (C=O) groups is 7. The lowest BCUT2D eigenvalue weighted by Gasteiger charge is -2.21. The second-order valence-corrected chi connectivity index (χ2v) is 17.4. The minimum atomic E-state index is -1.15. The first-order valence-electron chi connectivity index (χ1n) is 20.2. The van der Waals surface area contributed by atoms with E-state index in [4.69, 9.17) is 15.2 Å². The smallest absolute Gasteiger partial charge is 0.329 e. The van der Waals surface area contributed by atoms with Crippen molar-refractivity contribution < 1.29 is 47.8 Å². The Bertz CT molecular complexity index is 2900. The first-order chi connectivity index (χ1) is 32.0. The molecule has 0 radical (unpaired) electrons. The first kappa shape index (κ1) is 50.0. The lowest BCUT2D eigenvalue weighted by molar-refractivity contribution is -0.155. The number of thiophene rings is 2. The minimum Gasteiger partial charge on any atom is -0.467 e. The van der Waals surface area contributed by atoms with E-state index in [0.29, 0.717) is 0 Å². The number of nitrogens with one attached hydrogen (secondary N) is 6. The first-order valence-corrected chi connectivity index (χ1v) is 21.8. The van der Waals surface area contributed by atoms with Crippen LogP contribution in [0.25, 0.3) is 21.8 Å². The lowest BCUT2D eigenvalue weighted by atomic mass is 10.1. The second-order valence-electron chi connectivity index (χ2n) is 15.3. The summed E-state index contributed by atoms with van der Waals surface area (Å²) in [5, 5.41) is 44.8. The van der Waals surface area contributed by atoms with Crippen LogP contribution in [0.4, 0.5) is 0 Å². The van der Waals surface area contributed by atoms with E-state index in [9.17, 15) is 44.1 Å². The van der Waals surface area contributed by atoms with E-state index >= 15 is 0 Å². The number of esters is 3. The Kier molecular flexibility index (Phi) is 17.0. The molecule has 23 heteroatoms. The van der Waals surface area contributed by atoms with E-state index in [2.05, 4.69) is 46.4 Å². The molecule has 348 valence electrons. The van der Waals surface area contributed by atoms with Gasteiger partial charge in [-0.3, -0.25) is 34.2 Å². The third-order valence-corrected chi connectivity index (χ3v) is 11.7. The summed E-state index contributed by atoms with van der Waals surface area (Å²) in [4.78, 5) is 87.0. The molecule has 0 unspecified atom stereocenters. The number of benzene rings is 2. The fraction of sp³-hybridized carbons (Fsp3) is 0.295. The summed E-state index contributed by atoms with van der Waals surface area (Å²) in [5.41, 5.74) is 8.20. The van der Waals surface area contributed by atoms with E-state index in [1.807, 2.05) is 48.5 Å². The van der Waals surface area contributed by atoms with Gasteiger partial charge in [0.2, 0.25) is 0 Å². The van der Waals surface area contributed by atoms with Gasteiger partial charge in [-0.2, -0.15) is 20.7 Å². The summed E-state index contributed by atoms with van der Waals surface area (Å²) in [7, 11) is 2.34. The molecule has 4 amide bonds. The molecule has 2 aromatic carbocycles. The van der Waals surface area contributed by atoms with Gasteiger partial charge in [-0.05, 0) is 62.6 Å². The van der Waals surface area contributed by atoms with Crippen molar-refractivity contribution in [2.45, 2.75) is 64.4 Å². The Morgan fingerprint density at radius 3 is 1.58 bits per heavy atom. The highest BCUT2D eigenvalue weighted by molar-refractivity contribution is 7.16. The van der Waals surface area contributed by atoms with Gasteiger partial charge < -0.3 is 41.2 Å². The van der Waals surface area contributed by atoms with Gasteiger partial charge in [-0.15, -0.1) is 22.7 Å². The molecule has 2 atom stereocenters. The van der Waals surface area contributed by atoms with Crippen molar-refractivity contribution in [1.29, 1.82) is 10.5 Å². The number of aromatic nitrogens is 4. The molecule has 8 N–H and O–H groups in total. The molecular weight excluding hydrogens is 907 g/mol. The van der Waals surface area contributed by atoms with E-state index in [1.165, 1.54) is 19.2 Å². The highest BCUT2D eigenvalue weighted by Gasteiger charge is 2.29. The van der Waals surface area contributed by atoms with Gasteiger partial charge >= 0.3 is 17.9 Å². The van der Waals surface area contributed by atoms with E-state index in [-0.39, 0.29) is 63.1 Å². The van der Waals surface area contributed by atoms with Crippen molar-refractivity contribution in [3.63, 3.8) is 0 Å². The van der Waals surface area contributed by atoms with Crippen LogP contribution in [0.3, 0.4) is 0 Å². The monoisotopic (exact) mass is 951 g/mol. The maximum atomic E-state index is 12.9. The Labute approximate surface area is 390 Å². The largest absolute Gasteiger partial charge is 0.467 e. The number of ether oxygens (including phenoxy) is 3. The lowest BCUT2D eigenvalue weighted by Crippen LogP contribution is -2.46. The molecule has 0 saturated carbocycles. The van der Waals surface area contributed by atoms with Crippen LogP contribution < -0.4 is 27.0 Å². The number of methoxy groups -OCH3 is 2. The van der Waals surface area contributed by atoms with Crippen LogP contribution in [-0.2, 0) is 41.7 Å². The van der Waals surface area contributed by atoms with Crippen LogP contribution in [0.5, 0.6) is 0 Å². The maximum Gasteiger partial charge on any atom is 0.329 e. The van der Waals surface area contributed by atoms with Gasteiger partial charge in [0.15, 0.2) is 0 Å². The molecule has 0 fully saturated rings. The Morgan fingerprint density at radius 2 is 1.16 bits per heavy atom. The third kappa shape index (κ3) is 13.1. The number of hydrogen-bond acceptors (Lipinski definition) is 17. The van der Waals surface area contributed by atoms with Crippen molar-refractivity contribution in [2.75, 3.05) is 20.8 Å². The number of amides is 4. The van der Waals surface area contributed by atoms with Crippen LogP contribution >= 0.6 is 22.7 Å². The van der Waals surface area contributed by atoms with Crippen molar-refractivity contribution in [3.05, 3.63) is 103 Å². The average Bonchev–Trinajstić information content (AvgIpc) is 4.16. The highest BCUT2D eigenvalue weighted by atomic mass is 32.1. The van der Waals surface area contributed by atoms with E-state index in [0.717, 1.165) is 62.7 Å². The number of aromatic amines is 2. The fourth-order valence-electron chi connectivity index (χ4n) is 6.25. The summed E-state index contributed by atoms with van der Waals surface area (Å²) in [6, 6.07) is 15.4. The van der Waals surface area contributed by atoms with E-state index in [1.54, 1.807) is 33.2 Å². The number of hydrogen-bond donors (Lipinski definition) is 7. The predicted octanol–water partition coefficient (Wildman–Crippen LogP) is 3.48. The summed E-state index contributed by atoms with van der Waals surface area (Å²) in [5.74, 6) is -4.29. The summed E-state index contributed by atoms with van der Waals surface area (Å²) in [6.07, 6.45) is 3.14. The van der Waals surface area contributed by atoms with Gasteiger partial charge in [0.05, 0.1) is 58.5 Å². The highest BCUT2D eigenvalue weighted by Crippen LogP contribution is 2.25. The quantitative estimate of drug-likeness (QED) is 0.0540. The summed E-state index contributed by atoms with van der Waals surface area (Å²) in [6.45, 7) is 5.45. The number of nitrogens with zero attached hydrogens (tertiary/aromatic N) is 4. The molecule has 67 heavy (non-hydrogen) atoms. The second kappa shape index (κ2) is 22.8. The van der Waals surface area contributed by atoms with Crippen LogP contribution in [-0.4, -0.2) is 100 Å². The van der Waals surface area contributed by atoms with Crippen LogP contribution in [0.2, 0.25) is 0 Å². The van der Waals surface area contributed by atoms with Gasteiger partial charge in [-0.1, -0.05) is 24.3 Å².